The Labute approximate surface area is 191 Å². The highest BCUT2D eigenvalue weighted by Gasteiger charge is 2.47. The van der Waals surface area contributed by atoms with Crippen molar-refractivity contribution in [2.45, 2.75) is 31.5 Å². The summed E-state index contributed by atoms with van der Waals surface area (Å²) in [5.74, 6) is 0.252. The lowest BCUT2D eigenvalue weighted by atomic mass is 10.0. The Morgan fingerprint density at radius 3 is 2.48 bits per heavy atom. The van der Waals surface area contributed by atoms with Gasteiger partial charge in [-0.05, 0) is 42.7 Å². The molecule has 2 aliphatic rings. The first-order chi connectivity index (χ1) is 16.0. The van der Waals surface area contributed by atoms with Crippen LogP contribution in [0, 0.1) is 0 Å². The average Bonchev–Trinajstić information content (AvgIpc) is 3.38. The average molecular weight is 454 g/mol. The number of nitrogens with one attached hydrogen (secondary N) is 1. The number of amides is 2. The summed E-state index contributed by atoms with van der Waals surface area (Å²) in [4.78, 5) is 39.7. The van der Waals surface area contributed by atoms with Crippen LogP contribution in [-0.2, 0) is 20.7 Å². The van der Waals surface area contributed by atoms with E-state index < -0.39 is 18.2 Å². The van der Waals surface area contributed by atoms with Crippen molar-refractivity contribution in [3.8, 4) is 17.2 Å². The predicted octanol–water partition coefficient (Wildman–Crippen LogP) is 2.23. The lowest BCUT2D eigenvalue weighted by Gasteiger charge is -2.29. The molecule has 4 rings (SSSR count). The number of rotatable bonds is 8. The fourth-order valence-electron chi connectivity index (χ4n) is 4.28. The van der Waals surface area contributed by atoms with Crippen LogP contribution in [0.2, 0.25) is 0 Å². The first-order valence-electron chi connectivity index (χ1n) is 10.7. The van der Waals surface area contributed by atoms with E-state index in [1.807, 2.05) is 24.3 Å². The quantitative estimate of drug-likeness (QED) is 0.610. The fraction of sp³-hybridized carbons (Fsp3) is 0.375. The minimum Gasteiger partial charge on any atom is -0.497 e. The molecule has 0 unspecified atom stereocenters. The van der Waals surface area contributed by atoms with Crippen LogP contribution in [-0.4, -0.2) is 56.6 Å². The molecule has 0 radical (unpaired) electrons. The minimum atomic E-state index is -0.986. The second-order valence-corrected chi connectivity index (χ2v) is 7.77. The highest BCUT2D eigenvalue weighted by molar-refractivity contribution is 5.99. The van der Waals surface area contributed by atoms with Gasteiger partial charge in [0.2, 0.25) is 18.0 Å². The van der Waals surface area contributed by atoms with Crippen LogP contribution in [0.5, 0.6) is 17.2 Å². The van der Waals surface area contributed by atoms with Gasteiger partial charge in [-0.15, -0.1) is 0 Å². The van der Waals surface area contributed by atoms with Gasteiger partial charge in [-0.1, -0.05) is 12.1 Å². The summed E-state index contributed by atoms with van der Waals surface area (Å²) in [6.45, 7) is 0.412. The number of esters is 1. The van der Waals surface area contributed by atoms with Crippen molar-refractivity contribution in [3.05, 3.63) is 53.1 Å². The minimum absolute atomic E-state index is 0.202. The molecule has 2 aromatic rings. The van der Waals surface area contributed by atoms with Crippen molar-refractivity contribution in [2.24, 2.45) is 0 Å². The summed E-state index contributed by atoms with van der Waals surface area (Å²) >= 11 is 0. The van der Waals surface area contributed by atoms with Crippen LogP contribution in [0.3, 0.4) is 0 Å². The fourth-order valence-corrected chi connectivity index (χ4v) is 4.28. The number of nitrogens with zero attached hydrogens (tertiary/aromatic N) is 1. The number of carbonyl (C=O) groups excluding carboxylic acids is 3. The maximum Gasteiger partial charge on any atom is 0.344 e. The number of hydrogen-bond acceptors (Lipinski definition) is 7. The Bertz CT molecular complexity index is 1070. The number of likely N-dealkylation sites (tertiary alicyclic amines) is 1. The number of fused-ring (bicyclic) bond motifs is 1. The zero-order chi connectivity index (χ0) is 23.5. The summed E-state index contributed by atoms with van der Waals surface area (Å²) < 4.78 is 21.3. The van der Waals surface area contributed by atoms with E-state index in [9.17, 15) is 14.4 Å². The van der Waals surface area contributed by atoms with E-state index in [0.29, 0.717) is 30.7 Å². The van der Waals surface area contributed by atoms with Gasteiger partial charge in [-0.2, -0.15) is 0 Å². The second kappa shape index (κ2) is 9.40. The Morgan fingerprint density at radius 1 is 1.06 bits per heavy atom. The van der Waals surface area contributed by atoms with Gasteiger partial charge < -0.3 is 24.3 Å². The van der Waals surface area contributed by atoms with Gasteiger partial charge in [0.15, 0.2) is 11.5 Å². The molecule has 1 N–H and O–H groups in total. The van der Waals surface area contributed by atoms with Gasteiger partial charge in [0, 0.05) is 18.5 Å². The molecule has 2 heterocycles. The molecule has 9 heteroatoms. The third-order valence-corrected chi connectivity index (χ3v) is 5.95. The standard InChI is InChI=1S/C24H26N2O7/c1-30-15-6-4-14(5-7-15)12-13-25-22(28)17-9-11-19(27)26(17)23-16-8-10-18(31-2)21(32-3)20(16)24(29)33-23/h4-8,10,17,23H,9,11-13H2,1-3H3,(H,25,28)/t17-,23-/m1/s1. The molecule has 1 saturated heterocycles. The summed E-state index contributed by atoms with van der Waals surface area (Å²) in [6, 6.07) is 10.2. The van der Waals surface area contributed by atoms with Gasteiger partial charge in [0.05, 0.1) is 21.3 Å². The molecule has 0 bridgehead atoms. The van der Waals surface area contributed by atoms with Crippen LogP contribution >= 0.6 is 0 Å². The van der Waals surface area contributed by atoms with E-state index in [1.54, 1.807) is 19.2 Å². The summed E-state index contributed by atoms with van der Waals surface area (Å²) in [5.41, 5.74) is 1.74. The van der Waals surface area contributed by atoms with E-state index in [1.165, 1.54) is 19.1 Å². The normalized spacial score (nSPS) is 19.2. The van der Waals surface area contributed by atoms with Crippen molar-refractivity contribution in [1.82, 2.24) is 10.2 Å². The highest BCUT2D eigenvalue weighted by Crippen LogP contribution is 2.45. The molecular weight excluding hydrogens is 428 g/mol. The van der Waals surface area contributed by atoms with Crippen molar-refractivity contribution >= 4 is 17.8 Å². The Balaban J connectivity index is 1.48. The van der Waals surface area contributed by atoms with Crippen LogP contribution in [0.1, 0.15) is 40.6 Å². The van der Waals surface area contributed by atoms with Crippen LogP contribution in [0.25, 0.3) is 0 Å². The second-order valence-electron chi connectivity index (χ2n) is 7.77. The molecule has 0 spiro atoms. The molecule has 1 fully saturated rings. The van der Waals surface area contributed by atoms with Crippen LogP contribution < -0.4 is 19.5 Å². The molecule has 9 nitrogen and oxygen atoms in total. The zero-order valence-corrected chi connectivity index (χ0v) is 18.8. The number of hydrogen-bond donors (Lipinski definition) is 1. The van der Waals surface area contributed by atoms with Crippen molar-refractivity contribution < 1.29 is 33.3 Å². The molecule has 0 saturated carbocycles. The molecule has 2 amide bonds. The van der Waals surface area contributed by atoms with Gasteiger partial charge in [0.1, 0.15) is 17.4 Å². The van der Waals surface area contributed by atoms with Gasteiger partial charge in [-0.3, -0.25) is 14.5 Å². The molecule has 2 atom stereocenters. The molecule has 2 aliphatic heterocycles. The van der Waals surface area contributed by atoms with Gasteiger partial charge >= 0.3 is 5.97 Å². The van der Waals surface area contributed by atoms with Crippen molar-refractivity contribution in [3.63, 3.8) is 0 Å². The molecule has 2 aromatic carbocycles. The predicted molar refractivity (Wildman–Crippen MR) is 117 cm³/mol. The van der Waals surface area contributed by atoms with Crippen molar-refractivity contribution in [2.75, 3.05) is 27.9 Å². The van der Waals surface area contributed by atoms with Gasteiger partial charge in [-0.25, -0.2) is 4.79 Å². The number of cyclic esters (lactones) is 1. The zero-order valence-electron chi connectivity index (χ0n) is 18.8. The molecule has 0 aliphatic carbocycles. The van der Waals surface area contributed by atoms with E-state index in [2.05, 4.69) is 5.32 Å². The van der Waals surface area contributed by atoms with Crippen LogP contribution in [0.15, 0.2) is 36.4 Å². The first kappa shape index (κ1) is 22.4. The maximum atomic E-state index is 13.0. The summed E-state index contributed by atoms with van der Waals surface area (Å²) in [7, 11) is 4.51. The highest BCUT2D eigenvalue weighted by atomic mass is 16.6. The van der Waals surface area contributed by atoms with Crippen molar-refractivity contribution in [1.29, 1.82) is 0 Å². The Kier molecular flexibility index (Phi) is 6.39. The number of carbonyl (C=O) groups is 3. The third-order valence-electron chi connectivity index (χ3n) is 5.95. The van der Waals surface area contributed by atoms with Gasteiger partial charge in [0.25, 0.3) is 0 Å². The lowest BCUT2D eigenvalue weighted by molar-refractivity contribution is -0.145. The molecule has 33 heavy (non-hydrogen) atoms. The first-order valence-corrected chi connectivity index (χ1v) is 10.7. The van der Waals surface area contributed by atoms with E-state index in [4.69, 9.17) is 18.9 Å². The van der Waals surface area contributed by atoms with E-state index >= 15 is 0 Å². The summed E-state index contributed by atoms with van der Waals surface area (Å²) in [5, 5.41) is 2.90. The Hall–Kier alpha value is -3.75. The summed E-state index contributed by atoms with van der Waals surface area (Å²) in [6.07, 6.45) is 0.200. The molecule has 174 valence electrons. The topological polar surface area (TPSA) is 103 Å². The molecular formula is C24H26N2O7. The van der Waals surface area contributed by atoms with E-state index in [0.717, 1.165) is 11.3 Å². The number of methoxy groups -OCH3 is 3. The Morgan fingerprint density at radius 2 is 1.82 bits per heavy atom. The monoisotopic (exact) mass is 454 g/mol. The number of ether oxygens (including phenoxy) is 4. The largest absolute Gasteiger partial charge is 0.497 e. The SMILES string of the molecule is COc1ccc(CCNC(=O)[C@H]2CCC(=O)N2[C@@H]2OC(=O)c3c2ccc(OC)c3OC)cc1. The lowest BCUT2D eigenvalue weighted by Crippen LogP contribution is -2.46. The third kappa shape index (κ3) is 4.18. The number of benzene rings is 2. The smallest absolute Gasteiger partial charge is 0.344 e. The van der Waals surface area contributed by atoms with E-state index in [-0.39, 0.29) is 29.5 Å². The molecule has 0 aromatic heterocycles. The van der Waals surface area contributed by atoms with Crippen LogP contribution in [0.4, 0.5) is 0 Å². The maximum absolute atomic E-state index is 13.0.